The van der Waals surface area contributed by atoms with Gasteiger partial charge in [0.2, 0.25) is 10.0 Å². The Morgan fingerprint density at radius 2 is 1.70 bits per heavy atom. The second kappa shape index (κ2) is 7.45. The Hall–Kier alpha value is -1.40. The van der Waals surface area contributed by atoms with Crippen LogP contribution in [0.4, 0.5) is 0 Å². The highest BCUT2D eigenvalue weighted by Gasteiger charge is 2.22. The van der Waals surface area contributed by atoms with Gasteiger partial charge in [-0.05, 0) is 57.4 Å². The molecule has 0 saturated heterocycles. The van der Waals surface area contributed by atoms with Crippen molar-refractivity contribution in [1.29, 1.82) is 0 Å². The van der Waals surface area contributed by atoms with E-state index in [-0.39, 0.29) is 10.8 Å². The van der Waals surface area contributed by atoms with Gasteiger partial charge in [-0.3, -0.25) is 4.79 Å². The van der Waals surface area contributed by atoms with Crippen LogP contribution in [-0.2, 0) is 10.0 Å². The number of hydrogen-bond donors (Lipinski definition) is 1. The molecule has 0 saturated carbocycles. The summed E-state index contributed by atoms with van der Waals surface area (Å²) in [5, 5.41) is 0. The summed E-state index contributed by atoms with van der Waals surface area (Å²) in [6, 6.07) is 6.06. The summed E-state index contributed by atoms with van der Waals surface area (Å²) < 4.78 is 27.1. The second-order valence-corrected chi connectivity index (χ2v) is 8.97. The molecule has 0 spiro atoms. The summed E-state index contributed by atoms with van der Waals surface area (Å²) in [6.45, 7) is 10.3. The first kappa shape index (κ1) is 19.6. The van der Waals surface area contributed by atoms with Gasteiger partial charge in [0, 0.05) is 24.7 Å². The van der Waals surface area contributed by atoms with Crippen LogP contribution in [0.5, 0.6) is 0 Å². The van der Waals surface area contributed by atoms with Gasteiger partial charge in [-0.15, -0.1) is 0 Å². The minimum atomic E-state index is -3.58. The second-order valence-electron chi connectivity index (χ2n) is 7.29. The van der Waals surface area contributed by atoms with Crippen molar-refractivity contribution < 1.29 is 13.2 Å². The van der Waals surface area contributed by atoms with Crippen LogP contribution in [0.1, 0.15) is 51.4 Å². The lowest BCUT2D eigenvalue weighted by atomic mass is 10.1. The van der Waals surface area contributed by atoms with Crippen LogP contribution in [0.25, 0.3) is 0 Å². The number of carbonyl (C=O) groups is 1. The monoisotopic (exact) mass is 340 g/mol. The molecule has 0 aliphatic carbocycles. The van der Waals surface area contributed by atoms with Crippen molar-refractivity contribution in [3.05, 3.63) is 29.8 Å². The first-order chi connectivity index (χ1) is 10.4. The molecule has 0 aromatic heterocycles. The molecule has 5 nitrogen and oxygen atoms in total. The average molecular weight is 340 g/mol. The van der Waals surface area contributed by atoms with Crippen LogP contribution in [-0.4, -0.2) is 38.4 Å². The lowest BCUT2D eigenvalue weighted by Gasteiger charge is -2.21. The van der Waals surface area contributed by atoms with Crippen LogP contribution in [0.2, 0.25) is 0 Å². The van der Waals surface area contributed by atoms with Crippen molar-refractivity contribution in [2.45, 2.75) is 51.5 Å². The van der Waals surface area contributed by atoms with Crippen LogP contribution >= 0.6 is 0 Å². The molecule has 0 heterocycles. The standard InChI is InChI=1S/C17H28N2O3S/c1-13(2)11-12-19(6)16(20)14-7-9-15(10-8-14)23(21,22)18-17(3,4)5/h7-10,13,18H,11-12H2,1-6H3. The van der Waals surface area contributed by atoms with Crippen molar-refractivity contribution in [3.8, 4) is 0 Å². The minimum Gasteiger partial charge on any atom is -0.342 e. The molecule has 0 bridgehead atoms. The zero-order valence-electron chi connectivity index (χ0n) is 14.9. The quantitative estimate of drug-likeness (QED) is 0.866. The highest BCUT2D eigenvalue weighted by Crippen LogP contribution is 2.15. The maximum atomic E-state index is 12.3. The fourth-order valence-electron chi connectivity index (χ4n) is 2.01. The number of nitrogens with zero attached hydrogens (tertiary/aromatic N) is 1. The summed E-state index contributed by atoms with van der Waals surface area (Å²) in [4.78, 5) is 14.1. The van der Waals surface area contributed by atoms with Crippen molar-refractivity contribution in [2.24, 2.45) is 5.92 Å². The van der Waals surface area contributed by atoms with E-state index in [0.717, 1.165) is 6.42 Å². The van der Waals surface area contributed by atoms with E-state index in [2.05, 4.69) is 18.6 Å². The Balaban J connectivity index is 2.86. The molecule has 0 atom stereocenters. The number of hydrogen-bond acceptors (Lipinski definition) is 3. The predicted molar refractivity (Wildman–Crippen MR) is 92.9 cm³/mol. The van der Waals surface area contributed by atoms with Gasteiger partial charge >= 0.3 is 0 Å². The Labute approximate surface area is 140 Å². The summed E-state index contributed by atoms with van der Waals surface area (Å²) >= 11 is 0. The molecule has 1 amide bonds. The number of nitrogens with one attached hydrogen (secondary N) is 1. The topological polar surface area (TPSA) is 66.5 Å². The van der Waals surface area contributed by atoms with E-state index < -0.39 is 15.6 Å². The molecule has 6 heteroatoms. The van der Waals surface area contributed by atoms with Gasteiger partial charge in [-0.25, -0.2) is 13.1 Å². The van der Waals surface area contributed by atoms with Gasteiger partial charge < -0.3 is 4.90 Å². The lowest BCUT2D eigenvalue weighted by Crippen LogP contribution is -2.40. The predicted octanol–water partition coefficient (Wildman–Crippen LogP) is 2.88. The normalized spacial score (nSPS) is 12.5. The number of carbonyl (C=O) groups excluding carboxylic acids is 1. The van der Waals surface area contributed by atoms with Crippen LogP contribution in [0.15, 0.2) is 29.2 Å². The van der Waals surface area contributed by atoms with Crippen LogP contribution < -0.4 is 4.72 Å². The fraction of sp³-hybridized carbons (Fsp3) is 0.588. The van der Waals surface area contributed by atoms with Crippen molar-refractivity contribution in [2.75, 3.05) is 13.6 Å². The third-order valence-corrected chi connectivity index (χ3v) is 5.01. The number of benzene rings is 1. The van der Waals surface area contributed by atoms with E-state index in [1.807, 2.05) is 0 Å². The van der Waals surface area contributed by atoms with Gasteiger partial charge in [0.15, 0.2) is 0 Å². The number of rotatable bonds is 6. The molecule has 1 aromatic carbocycles. The SMILES string of the molecule is CC(C)CCN(C)C(=O)c1ccc(S(=O)(=O)NC(C)(C)C)cc1. The van der Waals surface area contributed by atoms with Gasteiger partial charge in [-0.2, -0.15) is 0 Å². The maximum Gasteiger partial charge on any atom is 0.253 e. The number of amides is 1. The molecule has 1 aromatic rings. The van der Waals surface area contributed by atoms with Gasteiger partial charge in [-0.1, -0.05) is 13.8 Å². The van der Waals surface area contributed by atoms with Gasteiger partial charge in [0.1, 0.15) is 0 Å². The smallest absolute Gasteiger partial charge is 0.253 e. The van der Waals surface area contributed by atoms with E-state index >= 15 is 0 Å². The van der Waals surface area contributed by atoms with Gasteiger partial charge in [0.25, 0.3) is 5.91 Å². The van der Waals surface area contributed by atoms with E-state index in [9.17, 15) is 13.2 Å². The highest BCUT2D eigenvalue weighted by molar-refractivity contribution is 7.89. The molecule has 0 fully saturated rings. The highest BCUT2D eigenvalue weighted by atomic mass is 32.2. The van der Waals surface area contributed by atoms with E-state index in [0.29, 0.717) is 18.0 Å². The lowest BCUT2D eigenvalue weighted by molar-refractivity contribution is 0.0789. The fourth-order valence-corrected chi connectivity index (χ4v) is 3.43. The van der Waals surface area contributed by atoms with E-state index in [1.54, 1.807) is 44.9 Å². The molecule has 1 N–H and O–H groups in total. The molecular formula is C17H28N2O3S. The third-order valence-electron chi connectivity index (χ3n) is 3.24. The molecule has 0 unspecified atom stereocenters. The maximum absolute atomic E-state index is 12.3. The molecule has 130 valence electrons. The van der Waals surface area contributed by atoms with Crippen molar-refractivity contribution in [3.63, 3.8) is 0 Å². The molecule has 0 aliphatic heterocycles. The van der Waals surface area contributed by atoms with E-state index in [4.69, 9.17) is 0 Å². The summed E-state index contributed by atoms with van der Waals surface area (Å²) in [6.07, 6.45) is 0.935. The largest absolute Gasteiger partial charge is 0.342 e. The van der Waals surface area contributed by atoms with E-state index in [1.165, 1.54) is 12.1 Å². The molecular weight excluding hydrogens is 312 g/mol. The zero-order valence-corrected chi connectivity index (χ0v) is 15.7. The molecule has 0 aliphatic rings. The Morgan fingerprint density at radius 1 is 1.17 bits per heavy atom. The zero-order chi connectivity index (χ0) is 17.8. The first-order valence-corrected chi connectivity index (χ1v) is 9.30. The summed E-state index contributed by atoms with van der Waals surface area (Å²) in [7, 11) is -1.82. The van der Waals surface area contributed by atoms with Crippen LogP contribution in [0, 0.1) is 5.92 Å². The summed E-state index contributed by atoms with van der Waals surface area (Å²) in [5.74, 6) is 0.430. The molecule has 1 rings (SSSR count). The van der Waals surface area contributed by atoms with Gasteiger partial charge in [0.05, 0.1) is 4.90 Å². The Kier molecular flexibility index (Phi) is 6.36. The average Bonchev–Trinajstić information content (AvgIpc) is 2.41. The number of sulfonamides is 1. The summed E-state index contributed by atoms with van der Waals surface area (Å²) in [5.41, 5.74) is -0.0596. The Morgan fingerprint density at radius 3 is 2.13 bits per heavy atom. The first-order valence-electron chi connectivity index (χ1n) is 7.82. The van der Waals surface area contributed by atoms with Crippen molar-refractivity contribution in [1.82, 2.24) is 9.62 Å². The van der Waals surface area contributed by atoms with Crippen LogP contribution in [0.3, 0.4) is 0 Å². The Bertz CT molecular complexity index is 629. The molecule has 0 radical (unpaired) electrons. The third kappa shape index (κ3) is 6.31. The molecule has 23 heavy (non-hydrogen) atoms. The van der Waals surface area contributed by atoms with Crippen molar-refractivity contribution >= 4 is 15.9 Å². The minimum absolute atomic E-state index is 0.0987.